The van der Waals surface area contributed by atoms with E-state index in [-0.39, 0.29) is 5.69 Å². The van der Waals surface area contributed by atoms with Gasteiger partial charge in [-0.15, -0.1) is 0 Å². The topological polar surface area (TPSA) is 21.1 Å². The average molecular weight is 360 g/mol. The van der Waals surface area contributed by atoms with Gasteiger partial charge in [0.15, 0.2) is 0 Å². The molecule has 2 heterocycles. The zero-order valence-electron chi connectivity index (χ0n) is 11.1. The molecule has 21 heavy (non-hydrogen) atoms. The summed E-state index contributed by atoms with van der Waals surface area (Å²) in [5.41, 5.74) is 0.255. The lowest BCUT2D eigenvalue weighted by atomic mass is 10.1. The molecule has 112 valence electrons. The monoisotopic (exact) mass is 359 g/mol. The van der Waals surface area contributed by atoms with E-state index in [1.54, 1.807) is 23.2 Å². The van der Waals surface area contributed by atoms with Crippen LogP contribution in [0.15, 0.2) is 30.6 Å². The van der Waals surface area contributed by atoms with Gasteiger partial charge in [-0.3, -0.25) is 0 Å². The molecule has 0 radical (unpaired) electrons. The number of aromatic nitrogens is 2. The molecule has 0 fully saturated rings. The second-order valence-corrected chi connectivity index (χ2v) is 5.50. The zero-order valence-corrected chi connectivity index (χ0v) is 12.7. The molecule has 2 aromatic rings. The molecule has 3 nitrogen and oxygen atoms in total. The Hall–Kier alpha value is -1.50. The van der Waals surface area contributed by atoms with Crippen LogP contribution in [0.4, 0.5) is 18.9 Å². The number of halogens is 4. The van der Waals surface area contributed by atoms with Gasteiger partial charge in [0.05, 0.1) is 12.1 Å². The molecule has 1 aromatic carbocycles. The van der Waals surface area contributed by atoms with E-state index >= 15 is 0 Å². The average Bonchev–Trinajstić information content (AvgIpc) is 2.93. The first-order valence-corrected chi connectivity index (χ1v) is 7.62. The maximum Gasteiger partial charge on any atom is 0.418 e. The summed E-state index contributed by atoms with van der Waals surface area (Å²) in [5, 5.41) is 0.404. The standard InChI is InChI=1S/C14H13BrF3N3/c15-8-10-1-2-12(11(7-10)14(16,17)18)21-6-5-20-4-3-19-13(20)9-21/h1-4,7H,5-6,8-9H2. The number of rotatable bonds is 2. The Kier molecular flexibility index (Phi) is 3.69. The Morgan fingerprint density at radius 1 is 1.24 bits per heavy atom. The van der Waals surface area contributed by atoms with Gasteiger partial charge in [-0.25, -0.2) is 4.98 Å². The number of hydrogen-bond donors (Lipinski definition) is 0. The third-order valence-electron chi connectivity index (χ3n) is 3.61. The minimum atomic E-state index is -4.36. The lowest BCUT2D eigenvalue weighted by Gasteiger charge is -2.31. The summed E-state index contributed by atoms with van der Waals surface area (Å²) in [6, 6.07) is 4.49. The highest BCUT2D eigenvalue weighted by Crippen LogP contribution is 2.38. The van der Waals surface area contributed by atoms with Crippen molar-refractivity contribution in [1.29, 1.82) is 0 Å². The van der Waals surface area contributed by atoms with Crippen LogP contribution in [0.1, 0.15) is 17.0 Å². The summed E-state index contributed by atoms with van der Waals surface area (Å²) in [7, 11) is 0. The molecule has 7 heteroatoms. The fourth-order valence-electron chi connectivity index (χ4n) is 2.55. The quantitative estimate of drug-likeness (QED) is 0.760. The first kappa shape index (κ1) is 14.4. The van der Waals surface area contributed by atoms with E-state index in [0.29, 0.717) is 30.5 Å². The molecule has 0 spiro atoms. The highest BCUT2D eigenvalue weighted by Gasteiger charge is 2.35. The molecule has 0 amide bonds. The van der Waals surface area contributed by atoms with Crippen LogP contribution in [-0.4, -0.2) is 16.1 Å². The van der Waals surface area contributed by atoms with E-state index in [0.717, 1.165) is 5.82 Å². The molecule has 0 atom stereocenters. The largest absolute Gasteiger partial charge is 0.418 e. The Bertz CT molecular complexity index is 651. The van der Waals surface area contributed by atoms with Crippen molar-refractivity contribution in [3.63, 3.8) is 0 Å². The zero-order chi connectivity index (χ0) is 15.0. The highest BCUT2D eigenvalue weighted by molar-refractivity contribution is 9.08. The fraction of sp³-hybridized carbons (Fsp3) is 0.357. The summed E-state index contributed by atoms with van der Waals surface area (Å²) < 4.78 is 41.8. The third-order valence-corrected chi connectivity index (χ3v) is 4.25. The third kappa shape index (κ3) is 2.79. The molecule has 0 unspecified atom stereocenters. The number of imidazole rings is 1. The molecule has 3 rings (SSSR count). The Balaban J connectivity index is 1.99. The van der Waals surface area contributed by atoms with Gasteiger partial charge in [0.25, 0.3) is 0 Å². The number of fused-ring (bicyclic) bond motifs is 1. The van der Waals surface area contributed by atoms with Gasteiger partial charge in [-0.05, 0) is 17.7 Å². The molecular weight excluding hydrogens is 347 g/mol. The van der Waals surface area contributed by atoms with Crippen molar-refractivity contribution in [2.45, 2.75) is 24.6 Å². The molecule has 0 N–H and O–H groups in total. The minimum absolute atomic E-state index is 0.224. The summed E-state index contributed by atoms with van der Waals surface area (Å²) in [4.78, 5) is 5.93. The SMILES string of the molecule is FC(F)(F)c1cc(CBr)ccc1N1CCn2ccnc2C1. The van der Waals surface area contributed by atoms with Gasteiger partial charge in [0, 0.05) is 36.5 Å². The summed E-state index contributed by atoms with van der Waals surface area (Å²) in [6.45, 7) is 1.58. The predicted molar refractivity (Wildman–Crippen MR) is 77.4 cm³/mol. The van der Waals surface area contributed by atoms with Crippen LogP contribution >= 0.6 is 15.9 Å². The normalized spacial score (nSPS) is 15.1. The van der Waals surface area contributed by atoms with Gasteiger partial charge in [0.2, 0.25) is 0 Å². The molecule has 1 aliphatic heterocycles. The van der Waals surface area contributed by atoms with Crippen molar-refractivity contribution in [3.8, 4) is 0 Å². The van der Waals surface area contributed by atoms with Crippen molar-refractivity contribution in [3.05, 3.63) is 47.5 Å². The molecule has 0 aliphatic carbocycles. The van der Waals surface area contributed by atoms with Crippen LogP contribution in [0.3, 0.4) is 0 Å². The number of alkyl halides is 4. The number of benzene rings is 1. The van der Waals surface area contributed by atoms with Crippen molar-refractivity contribution in [1.82, 2.24) is 9.55 Å². The molecule has 0 saturated carbocycles. The van der Waals surface area contributed by atoms with Crippen molar-refractivity contribution in [2.75, 3.05) is 11.4 Å². The Morgan fingerprint density at radius 3 is 2.76 bits per heavy atom. The van der Waals surface area contributed by atoms with Crippen LogP contribution < -0.4 is 4.90 Å². The maximum absolute atomic E-state index is 13.3. The molecule has 1 aliphatic rings. The van der Waals surface area contributed by atoms with Crippen molar-refractivity contribution < 1.29 is 13.2 Å². The van der Waals surface area contributed by atoms with E-state index in [1.165, 1.54) is 6.07 Å². The van der Waals surface area contributed by atoms with Crippen LogP contribution in [-0.2, 0) is 24.6 Å². The van der Waals surface area contributed by atoms with Gasteiger partial charge >= 0.3 is 6.18 Å². The van der Waals surface area contributed by atoms with Gasteiger partial charge in [-0.2, -0.15) is 13.2 Å². The number of anilines is 1. The lowest BCUT2D eigenvalue weighted by molar-refractivity contribution is -0.137. The van der Waals surface area contributed by atoms with Gasteiger partial charge in [-0.1, -0.05) is 22.0 Å². The van der Waals surface area contributed by atoms with Crippen LogP contribution in [0.5, 0.6) is 0 Å². The molecule has 0 bridgehead atoms. The first-order chi connectivity index (χ1) is 9.99. The second kappa shape index (κ2) is 5.36. The first-order valence-electron chi connectivity index (χ1n) is 6.50. The summed E-state index contributed by atoms with van der Waals surface area (Å²) in [5.74, 6) is 0.791. The van der Waals surface area contributed by atoms with E-state index in [1.807, 2.05) is 10.8 Å². The minimum Gasteiger partial charge on any atom is -0.362 e. The van der Waals surface area contributed by atoms with E-state index in [9.17, 15) is 13.2 Å². The fourth-order valence-corrected chi connectivity index (χ4v) is 2.90. The van der Waals surface area contributed by atoms with Crippen molar-refractivity contribution in [2.24, 2.45) is 0 Å². The second-order valence-electron chi connectivity index (χ2n) is 4.94. The highest BCUT2D eigenvalue weighted by atomic mass is 79.9. The Labute approximate surface area is 128 Å². The summed E-state index contributed by atoms with van der Waals surface area (Å²) >= 11 is 3.20. The van der Waals surface area contributed by atoms with Crippen molar-refractivity contribution >= 4 is 21.6 Å². The van der Waals surface area contributed by atoms with Crippen LogP contribution in [0, 0.1) is 0 Å². The lowest BCUT2D eigenvalue weighted by Crippen LogP contribution is -2.35. The van der Waals surface area contributed by atoms with E-state index in [2.05, 4.69) is 20.9 Å². The van der Waals surface area contributed by atoms with Crippen LogP contribution in [0.25, 0.3) is 0 Å². The smallest absolute Gasteiger partial charge is 0.362 e. The Morgan fingerprint density at radius 2 is 2.05 bits per heavy atom. The van der Waals surface area contributed by atoms with Gasteiger partial charge < -0.3 is 9.47 Å². The van der Waals surface area contributed by atoms with E-state index in [4.69, 9.17) is 0 Å². The number of hydrogen-bond acceptors (Lipinski definition) is 2. The molecular formula is C14H13BrF3N3. The molecule has 0 saturated heterocycles. The van der Waals surface area contributed by atoms with E-state index < -0.39 is 11.7 Å². The number of nitrogens with zero attached hydrogens (tertiary/aromatic N) is 3. The molecule has 1 aromatic heterocycles. The van der Waals surface area contributed by atoms with Gasteiger partial charge in [0.1, 0.15) is 5.82 Å². The maximum atomic E-state index is 13.3. The predicted octanol–water partition coefficient (Wildman–Crippen LogP) is 3.82. The van der Waals surface area contributed by atoms with Crippen LogP contribution in [0.2, 0.25) is 0 Å². The summed E-state index contributed by atoms with van der Waals surface area (Å²) in [6.07, 6.45) is -0.830.